The molecular weight excluding hydrogens is 312 g/mol. The highest BCUT2D eigenvalue weighted by Gasteiger charge is 2.05. The van der Waals surface area contributed by atoms with E-state index in [0.717, 1.165) is 23.3 Å². The monoisotopic (exact) mass is 338 g/mol. The summed E-state index contributed by atoms with van der Waals surface area (Å²) in [5.41, 5.74) is 6.42. The molecule has 0 atom stereocenters. The van der Waals surface area contributed by atoms with Crippen LogP contribution in [0.4, 0.5) is 0 Å². The molecule has 132 valence electrons. The molecule has 0 spiro atoms. The first-order valence-corrected chi connectivity index (χ1v) is 8.59. The molecule has 0 fully saturated rings. The molecule has 2 aromatic rings. The molecule has 0 unspecified atom stereocenters. The Labute approximate surface area is 149 Å². The topological polar surface area (TPSA) is 50.7 Å². The Kier molecular flexibility index (Phi) is 6.75. The molecule has 0 aliphatic carbocycles. The average Bonchev–Trinajstić information content (AvgIpc) is 2.57. The van der Waals surface area contributed by atoms with Crippen LogP contribution in [-0.2, 0) is 0 Å². The number of hydrogen-bond donors (Lipinski definition) is 1. The molecule has 0 radical (unpaired) electrons. The number of carbonyl (C=O) groups excluding carboxylic acids is 1. The van der Waals surface area contributed by atoms with E-state index < -0.39 is 0 Å². The molecule has 0 aliphatic heterocycles. The smallest absolute Gasteiger partial charge is 0.271 e. The number of nitrogens with zero attached hydrogens (tertiary/aromatic N) is 1. The fourth-order valence-electron chi connectivity index (χ4n) is 2.31. The second-order valence-electron chi connectivity index (χ2n) is 6.61. The molecule has 1 N–H and O–H groups in total. The summed E-state index contributed by atoms with van der Waals surface area (Å²) in [5, 5.41) is 4.04. The third-order valence-electron chi connectivity index (χ3n) is 3.88. The number of rotatable bonds is 7. The number of carbonyl (C=O) groups is 1. The molecular formula is C21H26N2O2. The molecule has 2 rings (SSSR count). The second kappa shape index (κ2) is 9.02. The molecule has 0 aromatic heterocycles. The van der Waals surface area contributed by atoms with E-state index in [1.807, 2.05) is 38.1 Å². The van der Waals surface area contributed by atoms with Gasteiger partial charge in [-0.25, -0.2) is 5.43 Å². The lowest BCUT2D eigenvalue weighted by atomic mass is 10.1. The Morgan fingerprint density at radius 3 is 2.52 bits per heavy atom. The normalized spacial score (nSPS) is 11.1. The minimum Gasteiger partial charge on any atom is -0.494 e. The van der Waals surface area contributed by atoms with Crippen LogP contribution in [0.3, 0.4) is 0 Å². The van der Waals surface area contributed by atoms with Gasteiger partial charge in [-0.2, -0.15) is 5.10 Å². The van der Waals surface area contributed by atoms with Gasteiger partial charge in [0, 0.05) is 5.56 Å². The van der Waals surface area contributed by atoms with Crippen LogP contribution in [0.25, 0.3) is 0 Å². The van der Waals surface area contributed by atoms with Crippen LogP contribution >= 0.6 is 0 Å². The van der Waals surface area contributed by atoms with Crippen LogP contribution in [-0.4, -0.2) is 18.7 Å². The van der Waals surface area contributed by atoms with Crippen molar-refractivity contribution in [2.45, 2.75) is 34.1 Å². The van der Waals surface area contributed by atoms with Gasteiger partial charge in [-0.05, 0) is 61.6 Å². The van der Waals surface area contributed by atoms with Crippen LogP contribution in [0.2, 0.25) is 0 Å². The molecule has 4 heteroatoms. The van der Waals surface area contributed by atoms with E-state index in [4.69, 9.17) is 4.74 Å². The lowest BCUT2D eigenvalue weighted by molar-refractivity contribution is 0.0955. The molecule has 0 saturated carbocycles. The number of nitrogens with one attached hydrogen (secondary N) is 1. The van der Waals surface area contributed by atoms with E-state index in [1.165, 1.54) is 5.56 Å². The molecule has 25 heavy (non-hydrogen) atoms. The predicted octanol–water partition coefficient (Wildman–Crippen LogP) is 4.49. The molecule has 1 amide bonds. The zero-order valence-electron chi connectivity index (χ0n) is 15.4. The van der Waals surface area contributed by atoms with E-state index in [9.17, 15) is 4.79 Å². The van der Waals surface area contributed by atoms with Crippen molar-refractivity contribution in [3.63, 3.8) is 0 Å². The quantitative estimate of drug-likeness (QED) is 0.597. The van der Waals surface area contributed by atoms with E-state index in [2.05, 4.69) is 30.4 Å². The van der Waals surface area contributed by atoms with Gasteiger partial charge >= 0.3 is 0 Å². The Morgan fingerprint density at radius 2 is 1.88 bits per heavy atom. The summed E-state index contributed by atoms with van der Waals surface area (Å²) >= 11 is 0. The summed E-state index contributed by atoms with van der Waals surface area (Å²) < 4.78 is 5.65. The number of aryl methyl sites for hydroxylation is 2. The molecule has 0 heterocycles. The van der Waals surface area contributed by atoms with Crippen LogP contribution < -0.4 is 10.2 Å². The van der Waals surface area contributed by atoms with E-state index in [-0.39, 0.29) is 5.91 Å². The molecule has 0 saturated heterocycles. The number of ether oxygens (including phenoxy) is 1. The number of hydrazone groups is 1. The van der Waals surface area contributed by atoms with Gasteiger partial charge in [0.1, 0.15) is 5.75 Å². The first-order chi connectivity index (χ1) is 12.0. The largest absolute Gasteiger partial charge is 0.494 e. The Balaban J connectivity index is 1.89. The summed E-state index contributed by atoms with van der Waals surface area (Å²) in [6.45, 7) is 9.08. The SMILES string of the molecule is Cc1ccc(/C=N/NC(=O)c2ccc(OCCC(C)C)cc2)c(C)c1. The molecule has 0 bridgehead atoms. The standard InChI is InChI=1S/C21H26N2O2/c1-15(2)11-12-25-20-9-7-18(8-10-20)21(24)23-22-14-19-6-5-16(3)13-17(19)4/h5-10,13-15H,11-12H2,1-4H3,(H,23,24)/b22-14+. The first-order valence-electron chi connectivity index (χ1n) is 8.59. The Bertz CT molecular complexity index is 734. The number of hydrogen-bond acceptors (Lipinski definition) is 3. The van der Waals surface area contributed by atoms with Crippen molar-refractivity contribution in [3.05, 3.63) is 64.7 Å². The van der Waals surface area contributed by atoms with Crippen molar-refractivity contribution in [3.8, 4) is 5.75 Å². The lowest BCUT2D eigenvalue weighted by Gasteiger charge is -2.08. The highest BCUT2D eigenvalue weighted by atomic mass is 16.5. The summed E-state index contributed by atoms with van der Waals surface area (Å²) in [6.07, 6.45) is 2.67. The molecule has 2 aromatic carbocycles. The highest BCUT2D eigenvalue weighted by molar-refractivity contribution is 5.95. The predicted molar refractivity (Wildman–Crippen MR) is 102 cm³/mol. The summed E-state index contributed by atoms with van der Waals surface area (Å²) in [7, 11) is 0. The van der Waals surface area contributed by atoms with E-state index >= 15 is 0 Å². The third-order valence-corrected chi connectivity index (χ3v) is 3.88. The number of benzene rings is 2. The van der Waals surface area contributed by atoms with Crippen LogP contribution in [0.15, 0.2) is 47.6 Å². The summed E-state index contributed by atoms with van der Waals surface area (Å²) in [6, 6.07) is 13.2. The Hall–Kier alpha value is -2.62. The summed E-state index contributed by atoms with van der Waals surface area (Å²) in [5.74, 6) is 1.14. The number of amides is 1. The van der Waals surface area contributed by atoms with Crippen molar-refractivity contribution < 1.29 is 9.53 Å². The van der Waals surface area contributed by atoms with Crippen molar-refractivity contribution in [2.75, 3.05) is 6.61 Å². The zero-order valence-corrected chi connectivity index (χ0v) is 15.4. The van der Waals surface area contributed by atoms with Gasteiger partial charge in [-0.1, -0.05) is 37.6 Å². The first kappa shape index (κ1) is 18.7. The van der Waals surface area contributed by atoms with E-state index in [0.29, 0.717) is 18.1 Å². The van der Waals surface area contributed by atoms with Gasteiger partial charge in [0.05, 0.1) is 12.8 Å². The minimum atomic E-state index is -0.241. The van der Waals surface area contributed by atoms with Gasteiger partial charge < -0.3 is 4.74 Å². The molecule has 0 aliphatic rings. The fraction of sp³-hybridized carbons (Fsp3) is 0.333. The van der Waals surface area contributed by atoms with E-state index in [1.54, 1.807) is 18.3 Å². The van der Waals surface area contributed by atoms with Gasteiger partial charge in [0.15, 0.2) is 0 Å². The van der Waals surface area contributed by atoms with Crippen LogP contribution in [0, 0.1) is 19.8 Å². The highest BCUT2D eigenvalue weighted by Crippen LogP contribution is 2.13. The van der Waals surface area contributed by atoms with Crippen molar-refractivity contribution >= 4 is 12.1 Å². The average molecular weight is 338 g/mol. The lowest BCUT2D eigenvalue weighted by Crippen LogP contribution is -2.17. The maximum atomic E-state index is 12.1. The van der Waals surface area contributed by atoms with Crippen molar-refractivity contribution in [2.24, 2.45) is 11.0 Å². The van der Waals surface area contributed by atoms with Gasteiger partial charge in [-0.3, -0.25) is 4.79 Å². The third kappa shape index (κ3) is 6.07. The minimum absolute atomic E-state index is 0.241. The maximum absolute atomic E-state index is 12.1. The van der Waals surface area contributed by atoms with Crippen molar-refractivity contribution in [1.82, 2.24) is 5.43 Å². The van der Waals surface area contributed by atoms with Crippen molar-refractivity contribution in [1.29, 1.82) is 0 Å². The van der Waals surface area contributed by atoms with Gasteiger partial charge in [0.25, 0.3) is 5.91 Å². The Morgan fingerprint density at radius 1 is 1.16 bits per heavy atom. The maximum Gasteiger partial charge on any atom is 0.271 e. The molecule has 4 nitrogen and oxygen atoms in total. The second-order valence-corrected chi connectivity index (χ2v) is 6.61. The van der Waals surface area contributed by atoms with Gasteiger partial charge in [-0.15, -0.1) is 0 Å². The van der Waals surface area contributed by atoms with Crippen LogP contribution in [0.5, 0.6) is 5.75 Å². The fourth-order valence-corrected chi connectivity index (χ4v) is 2.31. The van der Waals surface area contributed by atoms with Crippen LogP contribution in [0.1, 0.15) is 47.3 Å². The zero-order chi connectivity index (χ0) is 18.2. The van der Waals surface area contributed by atoms with Gasteiger partial charge in [0.2, 0.25) is 0 Å². The summed E-state index contributed by atoms with van der Waals surface area (Å²) in [4.78, 5) is 12.1.